The molecule has 0 aliphatic rings. The third-order valence-corrected chi connectivity index (χ3v) is 4.67. The molecule has 0 saturated heterocycles. The van der Waals surface area contributed by atoms with E-state index in [0.29, 0.717) is 26.5 Å². The average Bonchev–Trinajstić information content (AvgIpc) is 3.03. The Hall–Kier alpha value is -2.08. The van der Waals surface area contributed by atoms with Gasteiger partial charge in [-0.15, -0.1) is 11.3 Å². The van der Waals surface area contributed by atoms with Crippen molar-refractivity contribution < 1.29 is 9.53 Å². The minimum Gasteiger partial charge on any atom is -0.495 e. The third-order valence-electron chi connectivity index (χ3n) is 3.29. The van der Waals surface area contributed by atoms with Gasteiger partial charge in [0.2, 0.25) is 0 Å². The van der Waals surface area contributed by atoms with E-state index in [1.165, 1.54) is 11.3 Å². The lowest BCUT2D eigenvalue weighted by Crippen LogP contribution is -2.12. The Labute approximate surface area is 153 Å². The van der Waals surface area contributed by atoms with Gasteiger partial charge in [0.15, 0.2) is 5.13 Å². The topological polar surface area (TPSA) is 51.2 Å². The van der Waals surface area contributed by atoms with Gasteiger partial charge in [0.25, 0.3) is 5.91 Å². The lowest BCUT2D eigenvalue weighted by Gasteiger charge is -2.04. The summed E-state index contributed by atoms with van der Waals surface area (Å²) < 4.78 is 5.13. The predicted molar refractivity (Wildman–Crippen MR) is 98.5 cm³/mol. The lowest BCUT2D eigenvalue weighted by molar-refractivity contribution is 0.102. The fraction of sp³-hybridized carbons (Fsp3) is 0.0588. The van der Waals surface area contributed by atoms with Gasteiger partial charge in [0, 0.05) is 10.9 Å². The molecule has 0 atom stereocenters. The van der Waals surface area contributed by atoms with Crippen LogP contribution in [0.1, 0.15) is 10.4 Å². The van der Waals surface area contributed by atoms with Gasteiger partial charge < -0.3 is 4.74 Å². The Bertz CT molecular complexity index is 896. The van der Waals surface area contributed by atoms with Crippen molar-refractivity contribution in [1.29, 1.82) is 0 Å². The van der Waals surface area contributed by atoms with Crippen LogP contribution in [0.2, 0.25) is 10.0 Å². The van der Waals surface area contributed by atoms with Crippen molar-refractivity contribution in [2.45, 2.75) is 0 Å². The molecule has 0 saturated carbocycles. The number of aromatic nitrogens is 1. The summed E-state index contributed by atoms with van der Waals surface area (Å²) in [6.45, 7) is 0. The summed E-state index contributed by atoms with van der Waals surface area (Å²) in [5.74, 6) is 0.303. The number of rotatable bonds is 4. The zero-order valence-electron chi connectivity index (χ0n) is 12.5. The van der Waals surface area contributed by atoms with Crippen LogP contribution in [0.3, 0.4) is 0 Å². The summed E-state index contributed by atoms with van der Waals surface area (Å²) in [6, 6.07) is 12.3. The number of nitrogens with zero attached hydrogens (tertiary/aromatic N) is 1. The fourth-order valence-electron chi connectivity index (χ4n) is 2.10. The maximum Gasteiger partial charge on any atom is 0.258 e. The highest BCUT2D eigenvalue weighted by molar-refractivity contribution is 7.14. The van der Waals surface area contributed by atoms with Crippen molar-refractivity contribution >= 4 is 45.6 Å². The van der Waals surface area contributed by atoms with Crippen LogP contribution < -0.4 is 10.1 Å². The molecule has 0 unspecified atom stereocenters. The number of halogens is 2. The molecule has 24 heavy (non-hydrogen) atoms. The molecule has 1 N–H and O–H groups in total. The van der Waals surface area contributed by atoms with Gasteiger partial charge in [0.05, 0.1) is 28.4 Å². The number of thiazole rings is 1. The van der Waals surface area contributed by atoms with Crippen molar-refractivity contribution in [2.24, 2.45) is 0 Å². The predicted octanol–water partition coefficient (Wildman–Crippen LogP) is 5.38. The van der Waals surface area contributed by atoms with Gasteiger partial charge in [-0.3, -0.25) is 10.1 Å². The molecular formula is C17H12Cl2N2O2S. The number of nitrogens with one attached hydrogen (secondary N) is 1. The highest BCUT2D eigenvalue weighted by Gasteiger charge is 2.13. The normalized spacial score (nSPS) is 10.5. The average molecular weight is 379 g/mol. The van der Waals surface area contributed by atoms with Crippen molar-refractivity contribution in [3.63, 3.8) is 0 Å². The number of hydrogen-bond acceptors (Lipinski definition) is 4. The Morgan fingerprint density at radius 3 is 2.67 bits per heavy atom. The zero-order chi connectivity index (χ0) is 17.1. The largest absolute Gasteiger partial charge is 0.495 e. The molecule has 3 rings (SSSR count). The molecule has 0 aliphatic carbocycles. The van der Waals surface area contributed by atoms with Gasteiger partial charge in [-0.25, -0.2) is 4.98 Å². The quantitative estimate of drug-likeness (QED) is 0.662. The molecule has 0 radical (unpaired) electrons. The van der Waals surface area contributed by atoms with Crippen LogP contribution in [-0.4, -0.2) is 18.0 Å². The third kappa shape index (κ3) is 3.53. The molecule has 1 amide bonds. The Morgan fingerprint density at radius 2 is 1.96 bits per heavy atom. The van der Waals surface area contributed by atoms with Crippen LogP contribution in [0.25, 0.3) is 11.3 Å². The van der Waals surface area contributed by atoms with Crippen LogP contribution >= 0.6 is 34.5 Å². The minimum atomic E-state index is -0.297. The van der Waals surface area contributed by atoms with E-state index in [0.717, 1.165) is 11.3 Å². The van der Waals surface area contributed by atoms with Gasteiger partial charge in [-0.2, -0.15) is 0 Å². The summed E-state index contributed by atoms with van der Waals surface area (Å²) in [5.41, 5.74) is 1.97. The van der Waals surface area contributed by atoms with Crippen LogP contribution in [0.15, 0.2) is 47.8 Å². The highest BCUT2D eigenvalue weighted by Crippen LogP contribution is 2.32. The molecule has 2 aromatic carbocycles. The van der Waals surface area contributed by atoms with Gasteiger partial charge in [-0.05, 0) is 30.3 Å². The number of benzene rings is 2. The first-order valence-electron chi connectivity index (χ1n) is 6.94. The summed E-state index contributed by atoms with van der Waals surface area (Å²) in [7, 11) is 1.56. The van der Waals surface area contributed by atoms with E-state index in [1.807, 2.05) is 11.4 Å². The van der Waals surface area contributed by atoms with E-state index in [2.05, 4.69) is 10.3 Å². The maximum absolute atomic E-state index is 12.3. The van der Waals surface area contributed by atoms with Gasteiger partial charge in [0.1, 0.15) is 5.75 Å². The van der Waals surface area contributed by atoms with E-state index >= 15 is 0 Å². The van der Waals surface area contributed by atoms with Crippen LogP contribution in [-0.2, 0) is 0 Å². The zero-order valence-corrected chi connectivity index (χ0v) is 14.9. The molecule has 0 bridgehead atoms. The molecule has 0 fully saturated rings. The van der Waals surface area contributed by atoms with Gasteiger partial charge in [-0.1, -0.05) is 35.3 Å². The second-order valence-electron chi connectivity index (χ2n) is 4.82. The first-order chi connectivity index (χ1) is 11.6. The number of hydrogen-bond donors (Lipinski definition) is 1. The standard InChI is InChI=1S/C17H12Cl2N2O2S/c1-23-15-7-6-10(8-13(15)19)14-9-24-17(20-14)21-16(22)11-4-2-3-5-12(11)18/h2-9H,1H3,(H,20,21,22). The van der Waals surface area contributed by atoms with E-state index in [-0.39, 0.29) is 5.91 Å². The summed E-state index contributed by atoms with van der Waals surface area (Å²) in [6.07, 6.45) is 0. The number of methoxy groups -OCH3 is 1. The first-order valence-corrected chi connectivity index (χ1v) is 8.57. The number of carbonyl (C=O) groups excluding carboxylic acids is 1. The summed E-state index contributed by atoms with van der Waals surface area (Å²) in [5, 5.41) is 5.99. The molecule has 1 heterocycles. The van der Waals surface area contributed by atoms with Crippen molar-refractivity contribution in [3.05, 3.63) is 63.5 Å². The fourth-order valence-corrected chi connectivity index (χ4v) is 3.29. The van der Waals surface area contributed by atoms with Crippen LogP contribution in [0, 0.1) is 0 Å². The maximum atomic E-state index is 12.3. The molecule has 0 aliphatic heterocycles. The second-order valence-corrected chi connectivity index (χ2v) is 6.49. The van der Waals surface area contributed by atoms with Gasteiger partial charge >= 0.3 is 0 Å². The number of carbonyl (C=O) groups is 1. The number of anilines is 1. The van der Waals surface area contributed by atoms with Crippen molar-refractivity contribution in [3.8, 4) is 17.0 Å². The Kier molecular flexibility index (Phi) is 5.04. The van der Waals surface area contributed by atoms with E-state index < -0.39 is 0 Å². The molecule has 1 aromatic heterocycles. The molecule has 0 spiro atoms. The Balaban J connectivity index is 1.80. The van der Waals surface area contributed by atoms with Crippen molar-refractivity contribution in [1.82, 2.24) is 4.98 Å². The monoisotopic (exact) mass is 378 g/mol. The van der Waals surface area contributed by atoms with E-state index in [1.54, 1.807) is 43.5 Å². The molecule has 122 valence electrons. The van der Waals surface area contributed by atoms with Crippen LogP contribution in [0.5, 0.6) is 5.75 Å². The lowest BCUT2D eigenvalue weighted by atomic mass is 10.2. The van der Waals surface area contributed by atoms with E-state index in [9.17, 15) is 4.79 Å². The minimum absolute atomic E-state index is 0.297. The molecule has 4 nitrogen and oxygen atoms in total. The molecule has 7 heteroatoms. The smallest absolute Gasteiger partial charge is 0.258 e. The van der Waals surface area contributed by atoms with Crippen molar-refractivity contribution in [2.75, 3.05) is 12.4 Å². The highest BCUT2D eigenvalue weighted by atomic mass is 35.5. The molecular weight excluding hydrogens is 367 g/mol. The molecule has 3 aromatic rings. The van der Waals surface area contributed by atoms with Crippen LogP contribution in [0.4, 0.5) is 5.13 Å². The number of amides is 1. The number of ether oxygens (including phenoxy) is 1. The summed E-state index contributed by atoms with van der Waals surface area (Å²) in [4.78, 5) is 16.7. The van der Waals surface area contributed by atoms with E-state index in [4.69, 9.17) is 27.9 Å². The first kappa shape index (κ1) is 16.8. The Morgan fingerprint density at radius 1 is 1.17 bits per heavy atom. The summed E-state index contributed by atoms with van der Waals surface area (Å²) >= 11 is 13.5. The second kappa shape index (κ2) is 7.21. The SMILES string of the molecule is COc1ccc(-c2csc(NC(=O)c3ccccc3Cl)n2)cc1Cl.